The summed E-state index contributed by atoms with van der Waals surface area (Å²) in [7, 11) is 0. The van der Waals surface area contributed by atoms with Crippen LogP contribution in [0.2, 0.25) is 0 Å². The molecule has 234 valence electrons. The molecular formula is C34H33F3N4O3S. The summed E-state index contributed by atoms with van der Waals surface area (Å²) in [5, 5.41) is 2.49. The van der Waals surface area contributed by atoms with Crippen LogP contribution in [0.3, 0.4) is 0 Å². The SMILES string of the molecule is O=C(c1csc(CN(Cc2cccc(C(F)(F)F)c2)Cc2ccc3c(c2)OCO3)n1)N1CCN(CC=Cc2ccccc2)CC1. The Bertz CT molecular complexity index is 1640. The summed E-state index contributed by atoms with van der Waals surface area (Å²) < 4.78 is 51.2. The van der Waals surface area contributed by atoms with Crippen LogP contribution < -0.4 is 9.47 Å². The molecule has 6 rings (SSSR count). The zero-order chi connectivity index (χ0) is 31.2. The van der Waals surface area contributed by atoms with Gasteiger partial charge in [-0.15, -0.1) is 11.3 Å². The van der Waals surface area contributed by atoms with E-state index < -0.39 is 11.7 Å². The highest BCUT2D eigenvalue weighted by Crippen LogP contribution is 2.34. The van der Waals surface area contributed by atoms with E-state index in [9.17, 15) is 18.0 Å². The number of hydrogen-bond acceptors (Lipinski definition) is 7. The van der Waals surface area contributed by atoms with E-state index in [1.165, 1.54) is 23.5 Å². The average molecular weight is 635 g/mol. The maximum absolute atomic E-state index is 13.4. The first-order valence-electron chi connectivity index (χ1n) is 14.7. The van der Waals surface area contributed by atoms with Crippen LogP contribution in [-0.2, 0) is 25.8 Å². The molecule has 3 heterocycles. The molecule has 2 aliphatic heterocycles. The molecule has 7 nitrogen and oxygen atoms in total. The Morgan fingerprint density at radius 3 is 2.42 bits per heavy atom. The number of halogens is 3. The Kier molecular flexibility index (Phi) is 9.48. The predicted molar refractivity (Wildman–Crippen MR) is 167 cm³/mol. The summed E-state index contributed by atoms with van der Waals surface area (Å²) in [5.74, 6) is 1.20. The third kappa shape index (κ3) is 8.10. The zero-order valence-corrected chi connectivity index (χ0v) is 25.4. The van der Waals surface area contributed by atoms with Gasteiger partial charge in [-0.2, -0.15) is 13.2 Å². The van der Waals surface area contributed by atoms with E-state index in [0.717, 1.165) is 41.8 Å². The van der Waals surface area contributed by atoms with E-state index in [1.807, 2.05) is 46.2 Å². The monoisotopic (exact) mass is 634 g/mol. The first-order chi connectivity index (χ1) is 21.8. The maximum Gasteiger partial charge on any atom is 0.416 e. The Labute approximate surface area is 264 Å². The second-order valence-electron chi connectivity index (χ2n) is 11.1. The predicted octanol–water partition coefficient (Wildman–Crippen LogP) is 6.56. The third-order valence-corrected chi connectivity index (χ3v) is 8.60. The molecule has 0 aliphatic carbocycles. The summed E-state index contributed by atoms with van der Waals surface area (Å²) in [6, 6.07) is 21.2. The maximum atomic E-state index is 13.4. The Morgan fingerprint density at radius 1 is 0.889 bits per heavy atom. The number of thiazole rings is 1. The van der Waals surface area contributed by atoms with Crippen LogP contribution in [0.1, 0.15) is 37.7 Å². The number of carbonyl (C=O) groups is 1. The Balaban J connectivity index is 1.09. The van der Waals surface area contributed by atoms with E-state index in [2.05, 4.69) is 34.2 Å². The number of nitrogens with zero attached hydrogens (tertiary/aromatic N) is 4. The van der Waals surface area contributed by atoms with Gasteiger partial charge in [-0.05, 0) is 34.9 Å². The van der Waals surface area contributed by atoms with Crippen molar-refractivity contribution in [2.75, 3.05) is 39.5 Å². The summed E-state index contributed by atoms with van der Waals surface area (Å²) in [6.07, 6.45) is -0.168. The molecule has 0 atom stereocenters. The fourth-order valence-corrected chi connectivity index (χ4v) is 6.25. The molecule has 45 heavy (non-hydrogen) atoms. The molecular weight excluding hydrogens is 601 g/mol. The fourth-order valence-electron chi connectivity index (χ4n) is 5.44. The number of alkyl halides is 3. The van der Waals surface area contributed by atoms with Crippen molar-refractivity contribution in [3.63, 3.8) is 0 Å². The molecule has 1 amide bonds. The second-order valence-corrected chi connectivity index (χ2v) is 12.0. The number of hydrogen-bond donors (Lipinski definition) is 0. The summed E-state index contributed by atoms with van der Waals surface area (Å²) in [6.45, 7) is 4.85. The molecule has 3 aromatic carbocycles. The molecule has 1 saturated heterocycles. The van der Waals surface area contributed by atoms with Crippen LogP contribution in [0.15, 0.2) is 84.3 Å². The lowest BCUT2D eigenvalue weighted by Gasteiger charge is -2.33. The molecule has 4 aromatic rings. The van der Waals surface area contributed by atoms with Gasteiger partial charge in [-0.1, -0.05) is 66.7 Å². The van der Waals surface area contributed by atoms with E-state index >= 15 is 0 Å². The van der Waals surface area contributed by atoms with Gasteiger partial charge >= 0.3 is 6.18 Å². The third-order valence-electron chi connectivity index (χ3n) is 7.77. The van der Waals surface area contributed by atoms with Gasteiger partial charge in [0.15, 0.2) is 11.5 Å². The number of amides is 1. The summed E-state index contributed by atoms with van der Waals surface area (Å²) >= 11 is 1.38. The van der Waals surface area contributed by atoms with Gasteiger partial charge < -0.3 is 14.4 Å². The summed E-state index contributed by atoms with van der Waals surface area (Å²) in [4.78, 5) is 24.1. The number of piperazine rings is 1. The van der Waals surface area contributed by atoms with Crippen molar-refractivity contribution >= 4 is 23.3 Å². The van der Waals surface area contributed by atoms with Gasteiger partial charge in [0.05, 0.1) is 12.1 Å². The summed E-state index contributed by atoms with van der Waals surface area (Å²) in [5.41, 5.74) is 2.34. The van der Waals surface area contributed by atoms with Gasteiger partial charge in [0.2, 0.25) is 6.79 Å². The van der Waals surface area contributed by atoms with Crippen LogP contribution in [0.5, 0.6) is 11.5 Å². The first-order valence-corrected chi connectivity index (χ1v) is 15.6. The molecule has 2 aliphatic rings. The van der Waals surface area contributed by atoms with Gasteiger partial charge in [0.1, 0.15) is 10.7 Å². The molecule has 11 heteroatoms. The van der Waals surface area contributed by atoms with Crippen molar-refractivity contribution in [3.8, 4) is 11.5 Å². The molecule has 0 N–H and O–H groups in total. The Morgan fingerprint density at radius 2 is 1.64 bits per heavy atom. The lowest BCUT2D eigenvalue weighted by molar-refractivity contribution is -0.137. The van der Waals surface area contributed by atoms with E-state index in [0.29, 0.717) is 48.9 Å². The average Bonchev–Trinajstić information content (AvgIpc) is 3.71. The minimum absolute atomic E-state index is 0.0998. The highest BCUT2D eigenvalue weighted by Gasteiger charge is 2.30. The molecule has 0 radical (unpaired) electrons. The fraction of sp³-hybridized carbons (Fsp3) is 0.294. The molecule has 0 unspecified atom stereocenters. The molecule has 0 saturated carbocycles. The van der Waals surface area contributed by atoms with Crippen LogP contribution in [0.4, 0.5) is 13.2 Å². The van der Waals surface area contributed by atoms with Crippen molar-refractivity contribution in [1.29, 1.82) is 0 Å². The topological polar surface area (TPSA) is 58.1 Å². The number of carbonyl (C=O) groups excluding carboxylic acids is 1. The normalized spacial score (nSPS) is 15.3. The van der Waals surface area contributed by atoms with Crippen molar-refractivity contribution in [3.05, 3.63) is 117 Å². The zero-order valence-electron chi connectivity index (χ0n) is 24.6. The van der Waals surface area contributed by atoms with Gasteiger partial charge in [0.25, 0.3) is 5.91 Å². The van der Waals surface area contributed by atoms with Crippen LogP contribution in [0.25, 0.3) is 6.08 Å². The van der Waals surface area contributed by atoms with Crippen molar-refractivity contribution < 1.29 is 27.4 Å². The number of aromatic nitrogens is 1. The quantitative estimate of drug-likeness (QED) is 0.197. The lowest BCUT2D eigenvalue weighted by Crippen LogP contribution is -2.48. The minimum Gasteiger partial charge on any atom is -0.454 e. The van der Waals surface area contributed by atoms with Gasteiger partial charge in [0, 0.05) is 51.2 Å². The standard InChI is InChI=1S/C34H33F3N4O3S/c35-34(36,37)28-10-4-8-26(18-28)20-40(21-27-11-12-30-31(19-27)44-24-43-30)22-32-38-29(23-45-32)33(42)41-16-14-39(15-17-41)13-5-9-25-6-2-1-3-7-25/h1-12,18-19,23H,13-17,20-22,24H2. The first kappa shape index (κ1) is 30.8. The van der Waals surface area contributed by atoms with Crippen LogP contribution >= 0.6 is 11.3 Å². The minimum atomic E-state index is -4.42. The number of fused-ring (bicyclic) bond motifs is 1. The molecule has 1 fully saturated rings. The van der Waals surface area contributed by atoms with E-state index in [-0.39, 0.29) is 19.2 Å². The lowest BCUT2D eigenvalue weighted by atomic mass is 10.1. The molecule has 0 spiro atoms. The number of ether oxygens (including phenoxy) is 2. The molecule has 0 bridgehead atoms. The highest BCUT2D eigenvalue weighted by molar-refractivity contribution is 7.09. The largest absolute Gasteiger partial charge is 0.454 e. The van der Waals surface area contributed by atoms with Gasteiger partial charge in [-0.25, -0.2) is 4.98 Å². The van der Waals surface area contributed by atoms with Crippen molar-refractivity contribution in [2.45, 2.75) is 25.8 Å². The van der Waals surface area contributed by atoms with E-state index in [1.54, 1.807) is 11.4 Å². The van der Waals surface area contributed by atoms with E-state index in [4.69, 9.17) is 9.47 Å². The molecule has 1 aromatic heterocycles. The van der Waals surface area contributed by atoms with Gasteiger partial charge in [-0.3, -0.25) is 14.6 Å². The Hall–Kier alpha value is -4.19. The second kappa shape index (κ2) is 13.8. The number of benzene rings is 3. The van der Waals surface area contributed by atoms with Crippen LogP contribution in [-0.4, -0.2) is 65.1 Å². The smallest absolute Gasteiger partial charge is 0.416 e. The highest BCUT2D eigenvalue weighted by atomic mass is 32.1. The van der Waals surface area contributed by atoms with Crippen molar-refractivity contribution in [2.24, 2.45) is 0 Å². The number of rotatable bonds is 10. The van der Waals surface area contributed by atoms with Crippen LogP contribution in [0, 0.1) is 0 Å². The van der Waals surface area contributed by atoms with Crippen molar-refractivity contribution in [1.82, 2.24) is 19.7 Å².